The molecule has 3 amide bonds. The highest BCUT2D eigenvalue weighted by Crippen LogP contribution is 2.28. The predicted molar refractivity (Wildman–Crippen MR) is 116 cm³/mol. The molecule has 3 heterocycles. The Hall–Kier alpha value is -3.56. The van der Waals surface area contributed by atoms with Crippen molar-refractivity contribution in [2.24, 2.45) is 0 Å². The molecule has 1 aliphatic rings. The fraction of sp³-hybridized carbons (Fsp3) is 0.0952. The van der Waals surface area contributed by atoms with Crippen molar-refractivity contribution in [3.8, 4) is 11.3 Å². The van der Waals surface area contributed by atoms with Crippen molar-refractivity contribution in [2.45, 2.75) is 13.0 Å². The van der Waals surface area contributed by atoms with Crippen molar-refractivity contribution in [1.82, 2.24) is 19.5 Å². The van der Waals surface area contributed by atoms with Gasteiger partial charge in [0, 0.05) is 16.0 Å². The van der Waals surface area contributed by atoms with Gasteiger partial charge in [0.15, 0.2) is 0 Å². The average Bonchev–Trinajstić information content (AvgIpc) is 3.41. The fourth-order valence-corrected chi connectivity index (χ4v) is 4.40. The van der Waals surface area contributed by atoms with E-state index < -0.39 is 23.8 Å². The van der Waals surface area contributed by atoms with Gasteiger partial charge in [-0.1, -0.05) is 35.9 Å². The lowest BCUT2D eigenvalue weighted by Gasteiger charge is -2.20. The lowest BCUT2D eigenvalue weighted by atomic mass is 10.1. The molecule has 154 valence electrons. The van der Waals surface area contributed by atoms with Crippen LogP contribution in [0.15, 0.2) is 53.9 Å². The molecule has 1 unspecified atom stereocenters. The maximum absolute atomic E-state index is 12.8. The molecule has 5 rings (SSSR count). The summed E-state index contributed by atoms with van der Waals surface area (Å²) in [6, 6.07) is 12.8. The Morgan fingerprint density at radius 2 is 1.71 bits per heavy atom. The van der Waals surface area contributed by atoms with E-state index in [-0.39, 0.29) is 5.95 Å². The highest BCUT2D eigenvalue weighted by molar-refractivity contribution is 7.15. The number of carbonyl (C=O) groups is 3. The number of hydrogen-bond acceptors (Lipinski definition) is 6. The normalized spacial score (nSPS) is 14.2. The Morgan fingerprint density at radius 1 is 1.06 bits per heavy atom. The van der Waals surface area contributed by atoms with Gasteiger partial charge in [0.2, 0.25) is 10.9 Å². The van der Waals surface area contributed by atoms with Crippen LogP contribution in [0.5, 0.6) is 0 Å². The monoisotopic (exact) mass is 451 g/mol. The summed E-state index contributed by atoms with van der Waals surface area (Å²) in [5, 5.41) is 9.50. The van der Waals surface area contributed by atoms with E-state index in [1.54, 1.807) is 40.9 Å². The number of nitrogens with zero attached hydrogens (tertiary/aromatic N) is 4. The van der Waals surface area contributed by atoms with Gasteiger partial charge in [-0.05, 0) is 31.2 Å². The largest absolute Gasteiger partial charge is 0.291 e. The smallest absolute Gasteiger partial charge is 0.262 e. The Labute approximate surface area is 185 Å². The van der Waals surface area contributed by atoms with Crippen LogP contribution in [0.1, 0.15) is 27.6 Å². The molecule has 0 bridgehead atoms. The van der Waals surface area contributed by atoms with Crippen LogP contribution >= 0.6 is 22.9 Å². The first kappa shape index (κ1) is 19.4. The number of imide groups is 1. The van der Waals surface area contributed by atoms with Crippen molar-refractivity contribution >= 4 is 51.6 Å². The van der Waals surface area contributed by atoms with Crippen LogP contribution in [-0.2, 0) is 4.79 Å². The van der Waals surface area contributed by atoms with Crippen LogP contribution in [-0.4, -0.2) is 43.3 Å². The number of rotatable bonds is 4. The SMILES string of the molecule is CC(C(=O)Nc1nc2scc(-c3ccc(Cl)cc3)n2n1)N1C(=O)c2ccccc2C1=O. The number of hydrogen-bond donors (Lipinski definition) is 1. The van der Waals surface area contributed by atoms with Crippen LogP contribution in [0, 0.1) is 0 Å². The highest BCUT2D eigenvalue weighted by Gasteiger charge is 2.40. The quantitative estimate of drug-likeness (QED) is 0.477. The molecule has 2 aromatic carbocycles. The zero-order chi connectivity index (χ0) is 21.7. The maximum atomic E-state index is 12.8. The molecule has 0 saturated carbocycles. The van der Waals surface area contributed by atoms with Crippen LogP contribution < -0.4 is 5.32 Å². The van der Waals surface area contributed by atoms with Gasteiger partial charge >= 0.3 is 0 Å². The second-order valence-electron chi connectivity index (χ2n) is 6.95. The van der Waals surface area contributed by atoms with Gasteiger partial charge in [-0.15, -0.1) is 16.4 Å². The predicted octanol–water partition coefficient (Wildman–Crippen LogP) is 3.73. The van der Waals surface area contributed by atoms with Gasteiger partial charge in [-0.25, -0.2) is 4.52 Å². The number of fused-ring (bicyclic) bond motifs is 2. The summed E-state index contributed by atoms with van der Waals surface area (Å²) >= 11 is 7.33. The van der Waals surface area contributed by atoms with Crippen LogP contribution in [0.25, 0.3) is 16.2 Å². The molecule has 4 aromatic rings. The molecular formula is C21H14ClN5O3S. The summed E-state index contributed by atoms with van der Waals surface area (Å²) in [6.45, 7) is 1.49. The molecule has 0 saturated heterocycles. The minimum atomic E-state index is -1.02. The van der Waals surface area contributed by atoms with Crippen LogP contribution in [0.3, 0.4) is 0 Å². The molecule has 1 atom stereocenters. The summed E-state index contributed by atoms with van der Waals surface area (Å²) in [6.07, 6.45) is 0. The first-order chi connectivity index (χ1) is 14.9. The number of carbonyl (C=O) groups excluding carboxylic acids is 3. The minimum Gasteiger partial charge on any atom is -0.291 e. The molecule has 0 fully saturated rings. The zero-order valence-corrected chi connectivity index (χ0v) is 17.6. The van der Waals surface area contributed by atoms with E-state index in [1.165, 1.54) is 18.3 Å². The molecule has 10 heteroatoms. The first-order valence-corrected chi connectivity index (χ1v) is 10.6. The number of nitrogens with one attached hydrogen (secondary N) is 1. The summed E-state index contributed by atoms with van der Waals surface area (Å²) in [5.41, 5.74) is 2.29. The Balaban J connectivity index is 1.38. The van der Waals surface area contributed by atoms with Crippen LogP contribution in [0.4, 0.5) is 5.95 Å². The zero-order valence-electron chi connectivity index (χ0n) is 16.1. The second-order valence-corrected chi connectivity index (χ2v) is 8.22. The standard InChI is InChI=1S/C21H14ClN5O3S/c1-11(26-18(29)14-4-2-3-5-15(14)19(26)30)17(28)23-20-24-21-27(25-20)16(10-31-21)12-6-8-13(22)9-7-12/h2-11H,1H3,(H,23,25,28). The third-order valence-electron chi connectivity index (χ3n) is 5.05. The highest BCUT2D eigenvalue weighted by atomic mass is 35.5. The second kappa shape index (κ2) is 7.29. The van der Waals surface area contributed by atoms with Crippen molar-refractivity contribution in [3.63, 3.8) is 0 Å². The summed E-state index contributed by atoms with van der Waals surface area (Å²) in [5.74, 6) is -1.45. The van der Waals surface area contributed by atoms with Crippen molar-refractivity contribution in [1.29, 1.82) is 0 Å². The molecule has 0 radical (unpaired) electrons. The van der Waals surface area contributed by atoms with E-state index in [9.17, 15) is 14.4 Å². The van der Waals surface area contributed by atoms with Crippen molar-refractivity contribution in [3.05, 3.63) is 70.1 Å². The summed E-state index contributed by atoms with van der Waals surface area (Å²) in [4.78, 5) is 43.9. The van der Waals surface area contributed by atoms with Crippen molar-refractivity contribution in [2.75, 3.05) is 5.32 Å². The number of aromatic nitrogens is 3. The third kappa shape index (κ3) is 3.18. The van der Waals surface area contributed by atoms with E-state index in [2.05, 4.69) is 15.4 Å². The van der Waals surface area contributed by atoms with Gasteiger partial charge in [-0.2, -0.15) is 4.98 Å². The van der Waals surface area contributed by atoms with E-state index in [4.69, 9.17) is 11.6 Å². The molecule has 1 aliphatic heterocycles. The number of halogens is 1. The number of thiazole rings is 1. The molecule has 0 aliphatic carbocycles. The fourth-order valence-electron chi connectivity index (χ4n) is 3.44. The van der Waals surface area contributed by atoms with Gasteiger partial charge in [0.05, 0.1) is 16.8 Å². The lowest BCUT2D eigenvalue weighted by molar-refractivity contribution is -0.119. The minimum absolute atomic E-state index is 0.0931. The van der Waals surface area contributed by atoms with Crippen molar-refractivity contribution < 1.29 is 14.4 Å². The van der Waals surface area contributed by atoms with Gasteiger partial charge in [0.25, 0.3) is 17.8 Å². The summed E-state index contributed by atoms with van der Waals surface area (Å²) in [7, 11) is 0. The van der Waals surface area contributed by atoms with Gasteiger partial charge < -0.3 is 0 Å². The number of amides is 3. The maximum Gasteiger partial charge on any atom is 0.262 e. The third-order valence-corrected chi connectivity index (χ3v) is 6.12. The van der Waals surface area contributed by atoms with E-state index in [0.717, 1.165) is 16.2 Å². The molecule has 0 spiro atoms. The lowest BCUT2D eigenvalue weighted by Crippen LogP contribution is -2.45. The first-order valence-electron chi connectivity index (χ1n) is 9.32. The Kier molecular flexibility index (Phi) is 4.57. The average molecular weight is 452 g/mol. The molecule has 1 N–H and O–H groups in total. The molecule has 2 aromatic heterocycles. The summed E-state index contributed by atoms with van der Waals surface area (Å²) < 4.78 is 1.62. The number of benzene rings is 2. The molecule has 8 nitrogen and oxygen atoms in total. The van der Waals surface area contributed by atoms with Gasteiger partial charge in [-0.3, -0.25) is 24.6 Å². The van der Waals surface area contributed by atoms with E-state index in [0.29, 0.717) is 21.1 Å². The van der Waals surface area contributed by atoms with Crippen LogP contribution in [0.2, 0.25) is 5.02 Å². The topological polar surface area (TPSA) is 96.7 Å². The van der Waals surface area contributed by atoms with Gasteiger partial charge in [0.1, 0.15) is 6.04 Å². The Morgan fingerprint density at radius 3 is 2.35 bits per heavy atom. The Bertz CT molecular complexity index is 1330. The van der Waals surface area contributed by atoms with E-state index in [1.807, 2.05) is 17.5 Å². The number of anilines is 1. The van der Waals surface area contributed by atoms with E-state index >= 15 is 0 Å². The molecule has 31 heavy (non-hydrogen) atoms. The molecular weight excluding hydrogens is 438 g/mol.